The fourth-order valence-electron chi connectivity index (χ4n) is 2.32. The molecule has 0 radical (unpaired) electrons. The fourth-order valence-corrected chi connectivity index (χ4v) is 2.32. The van der Waals surface area contributed by atoms with Crippen LogP contribution in [-0.2, 0) is 9.53 Å². The molecule has 3 nitrogen and oxygen atoms in total. The number of esters is 1. The lowest BCUT2D eigenvalue weighted by molar-refractivity contribution is -0.141. The molecular weight excluding hydrogens is 202 g/mol. The summed E-state index contributed by atoms with van der Waals surface area (Å²) < 4.78 is 4.79. The zero-order chi connectivity index (χ0) is 11.7. The third-order valence-electron chi connectivity index (χ3n) is 3.26. The van der Waals surface area contributed by atoms with Crippen molar-refractivity contribution in [1.82, 2.24) is 0 Å². The molecule has 2 atom stereocenters. The number of hydrogen-bond acceptors (Lipinski definition) is 3. The van der Waals surface area contributed by atoms with Crippen LogP contribution in [0.5, 0.6) is 0 Å². The van der Waals surface area contributed by atoms with Crippen molar-refractivity contribution in [3.8, 4) is 0 Å². The summed E-state index contributed by atoms with van der Waals surface area (Å²) in [4.78, 5) is 13.7. The van der Waals surface area contributed by atoms with Gasteiger partial charge in [-0.05, 0) is 18.6 Å². The van der Waals surface area contributed by atoms with Gasteiger partial charge in [0.05, 0.1) is 7.11 Å². The second-order valence-corrected chi connectivity index (χ2v) is 4.31. The average Bonchev–Trinajstić information content (AvgIpc) is 2.65. The predicted octanol–water partition coefficient (Wildman–Crippen LogP) is 2.17. The van der Waals surface area contributed by atoms with Gasteiger partial charge in [-0.25, -0.2) is 4.79 Å². The van der Waals surface area contributed by atoms with Crippen LogP contribution in [0.25, 0.3) is 0 Å². The van der Waals surface area contributed by atoms with Crippen LogP contribution in [0.4, 0.5) is 5.69 Å². The highest BCUT2D eigenvalue weighted by atomic mass is 16.5. The molecule has 0 fully saturated rings. The van der Waals surface area contributed by atoms with Crippen LogP contribution in [-0.4, -0.2) is 25.7 Å². The number of benzene rings is 1. The first-order valence-corrected chi connectivity index (χ1v) is 5.58. The molecule has 1 heterocycles. The quantitative estimate of drug-likeness (QED) is 0.714. The summed E-state index contributed by atoms with van der Waals surface area (Å²) in [5.41, 5.74) is 2.48. The van der Waals surface area contributed by atoms with Crippen molar-refractivity contribution in [2.24, 2.45) is 0 Å². The van der Waals surface area contributed by atoms with E-state index in [0.29, 0.717) is 5.92 Å². The van der Waals surface area contributed by atoms with Gasteiger partial charge in [0.15, 0.2) is 0 Å². The van der Waals surface area contributed by atoms with E-state index in [-0.39, 0.29) is 12.0 Å². The van der Waals surface area contributed by atoms with Gasteiger partial charge in [-0.3, -0.25) is 0 Å². The number of fused-ring (bicyclic) bond motifs is 1. The Balaban J connectivity index is 2.30. The Morgan fingerprint density at radius 2 is 2.19 bits per heavy atom. The van der Waals surface area contributed by atoms with Gasteiger partial charge in [0.25, 0.3) is 0 Å². The molecule has 3 heteroatoms. The lowest BCUT2D eigenvalue weighted by Gasteiger charge is -2.25. The first-order chi connectivity index (χ1) is 7.65. The summed E-state index contributed by atoms with van der Waals surface area (Å²) >= 11 is 0. The third kappa shape index (κ3) is 1.66. The van der Waals surface area contributed by atoms with Gasteiger partial charge in [0.1, 0.15) is 6.04 Å². The lowest BCUT2D eigenvalue weighted by atomic mass is 10.0. The molecule has 0 bridgehead atoms. The molecule has 0 spiro atoms. The van der Waals surface area contributed by atoms with E-state index < -0.39 is 0 Å². The molecule has 2 unspecified atom stereocenters. The number of para-hydroxylation sites is 1. The summed E-state index contributed by atoms with van der Waals surface area (Å²) in [5.74, 6) is 0.298. The maximum Gasteiger partial charge on any atom is 0.328 e. The number of carbonyl (C=O) groups is 1. The highest BCUT2D eigenvalue weighted by Gasteiger charge is 2.31. The second kappa shape index (κ2) is 4.16. The Bertz CT molecular complexity index is 403. The third-order valence-corrected chi connectivity index (χ3v) is 3.26. The Labute approximate surface area is 96.0 Å². The minimum absolute atomic E-state index is 0.177. The molecule has 1 aliphatic heterocycles. The number of rotatable bonds is 2. The van der Waals surface area contributed by atoms with E-state index in [0.717, 1.165) is 12.2 Å². The van der Waals surface area contributed by atoms with Crippen molar-refractivity contribution < 1.29 is 9.53 Å². The standard InChI is InChI=1S/C13H17NO2/c1-9-8-14(10(2)13(15)16-3)12-7-5-4-6-11(9)12/h4-7,9-10H,8H2,1-3H3. The summed E-state index contributed by atoms with van der Waals surface area (Å²) in [6.45, 7) is 4.96. The van der Waals surface area contributed by atoms with Gasteiger partial charge in [-0.2, -0.15) is 0 Å². The van der Waals surface area contributed by atoms with Crippen LogP contribution in [0, 0.1) is 0 Å². The van der Waals surface area contributed by atoms with Crippen molar-refractivity contribution in [2.75, 3.05) is 18.6 Å². The van der Waals surface area contributed by atoms with Crippen LogP contribution in [0.1, 0.15) is 25.3 Å². The van der Waals surface area contributed by atoms with Crippen LogP contribution >= 0.6 is 0 Å². The van der Waals surface area contributed by atoms with Crippen LogP contribution < -0.4 is 4.90 Å². The largest absolute Gasteiger partial charge is 0.467 e. The number of nitrogens with zero attached hydrogens (tertiary/aromatic N) is 1. The van der Waals surface area contributed by atoms with Gasteiger partial charge in [0, 0.05) is 18.2 Å². The number of ether oxygens (including phenoxy) is 1. The lowest BCUT2D eigenvalue weighted by Crippen LogP contribution is -2.38. The van der Waals surface area contributed by atoms with Gasteiger partial charge >= 0.3 is 5.97 Å². The topological polar surface area (TPSA) is 29.5 Å². The molecule has 0 saturated heterocycles. The molecule has 2 rings (SSSR count). The first kappa shape index (κ1) is 11.0. The molecule has 86 valence electrons. The van der Waals surface area contributed by atoms with Gasteiger partial charge in [-0.1, -0.05) is 25.1 Å². The normalized spacial score (nSPS) is 20.4. The van der Waals surface area contributed by atoms with E-state index in [4.69, 9.17) is 4.74 Å². The summed E-state index contributed by atoms with van der Waals surface area (Å²) in [6.07, 6.45) is 0. The van der Waals surface area contributed by atoms with Crippen molar-refractivity contribution in [1.29, 1.82) is 0 Å². The van der Waals surface area contributed by atoms with E-state index in [1.165, 1.54) is 12.7 Å². The number of methoxy groups -OCH3 is 1. The highest BCUT2D eigenvalue weighted by molar-refractivity contribution is 5.81. The monoisotopic (exact) mass is 219 g/mol. The SMILES string of the molecule is COC(=O)C(C)N1CC(C)c2ccccc21. The number of carbonyl (C=O) groups excluding carboxylic acids is 1. The maximum absolute atomic E-state index is 11.6. The molecule has 16 heavy (non-hydrogen) atoms. The zero-order valence-corrected chi connectivity index (χ0v) is 9.93. The van der Waals surface area contributed by atoms with Crippen molar-refractivity contribution in [3.63, 3.8) is 0 Å². The van der Waals surface area contributed by atoms with Crippen LogP contribution in [0.3, 0.4) is 0 Å². The van der Waals surface area contributed by atoms with E-state index in [1.54, 1.807) is 0 Å². The molecule has 0 saturated carbocycles. The Morgan fingerprint density at radius 3 is 2.88 bits per heavy atom. The van der Waals surface area contributed by atoms with E-state index in [1.807, 2.05) is 19.1 Å². The van der Waals surface area contributed by atoms with Crippen molar-refractivity contribution >= 4 is 11.7 Å². The number of anilines is 1. The summed E-state index contributed by atoms with van der Waals surface area (Å²) in [6, 6.07) is 8.04. The van der Waals surface area contributed by atoms with E-state index >= 15 is 0 Å². The maximum atomic E-state index is 11.6. The van der Waals surface area contributed by atoms with Gasteiger partial charge < -0.3 is 9.64 Å². The van der Waals surface area contributed by atoms with Crippen molar-refractivity contribution in [2.45, 2.75) is 25.8 Å². The van der Waals surface area contributed by atoms with Gasteiger partial charge in [-0.15, -0.1) is 0 Å². The molecule has 0 N–H and O–H groups in total. The fraction of sp³-hybridized carbons (Fsp3) is 0.462. The second-order valence-electron chi connectivity index (χ2n) is 4.31. The minimum atomic E-state index is -0.212. The molecule has 1 aromatic carbocycles. The van der Waals surface area contributed by atoms with E-state index in [2.05, 4.69) is 24.0 Å². The predicted molar refractivity (Wildman–Crippen MR) is 63.7 cm³/mol. The van der Waals surface area contributed by atoms with Gasteiger partial charge in [0.2, 0.25) is 0 Å². The Kier molecular flexibility index (Phi) is 2.86. The summed E-state index contributed by atoms with van der Waals surface area (Å²) in [7, 11) is 1.43. The number of hydrogen-bond donors (Lipinski definition) is 0. The Morgan fingerprint density at radius 1 is 1.50 bits per heavy atom. The van der Waals surface area contributed by atoms with Crippen LogP contribution in [0.2, 0.25) is 0 Å². The molecule has 0 aliphatic carbocycles. The van der Waals surface area contributed by atoms with E-state index in [9.17, 15) is 4.79 Å². The van der Waals surface area contributed by atoms with Crippen LogP contribution in [0.15, 0.2) is 24.3 Å². The first-order valence-electron chi connectivity index (χ1n) is 5.58. The smallest absolute Gasteiger partial charge is 0.328 e. The molecule has 1 aromatic rings. The average molecular weight is 219 g/mol. The molecule has 1 aliphatic rings. The highest BCUT2D eigenvalue weighted by Crippen LogP contribution is 2.36. The molecular formula is C13H17NO2. The molecule has 0 amide bonds. The van der Waals surface area contributed by atoms with Crippen molar-refractivity contribution in [3.05, 3.63) is 29.8 Å². The minimum Gasteiger partial charge on any atom is -0.467 e. The Hall–Kier alpha value is -1.51. The molecule has 0 aromatic heterocycles. The summed E-state index contributed by atoms with van der Waals surface area (Å²) in [5, 5.41) is 0. The zero-order valence-electron chi connectivity index (χ0n) is 9.93.